The van der Waals surface area contributed by atoms with Crippen molar-refractivity contribution in [3.63, 3.8) is 0 Å². The topological polar surface area (TPSA) is 37.3 Å². The first-order chi connectivity index (χ1) is 13.6. The molecule has 0 unspecified atom stereocenters. The van der Waals surface area contributed by atoms with E-state index in [1.165, 1.54) is 24.1 Å². The van der Waals surface area contributed by atoms with Crippen molar-refractivity contribution in [1.29, 1.82) is 0 Å². The van der Waals surface area contributed by atoms with Gasteiger partial charge in [-0.15, -0.1) is 0 Å². The molecule has 1 N–H and O–H groups in total. The summed E-state index contributed by atoms with van der Waals surface area (Å²) < 4.78 is 3.33. The number of rotatable bonds is 13. The molecule has 0 atom stereocenters. The minimum atomic E-state index is 0.196. The Balaban J connectivity index is 1.96. The summed E-state index contributed by atoms with van der Waals surface area (Å²) in [6, 6.07) is 12.6. The fraction of sp³-hybridized carbons (Fsp3) is 0.522. The van der Waals surface area contributed by atoms with Crippen molar-refractivity contribution >= 4 is 21.8 Å². The number of carbonyl (C=O) groups excluding carboxylic acids is 1. The molecule has 28 heavy (non-hydrogen) atoms. The number of halogens is 1. The third kappa shape index (κ3) is 7.80. The summed E-state index contributed by atoms with van der Waals surface area (Å²) >= 11 is 3.49. The number of carbonyl (C=O) groups is 1. The van der Waals surface area contributed by atoms with Crippen LogP contribution in [0.3, 0.4) is 0 Å². The van der Waals surface area contributed by atoms with Crippen LogP contribution in [0.15, 0.2) is 47.1 Å². The number of unbranched alkanes of at least 4 members (excludes halogenated alkanes) is 3. The van der Waals surface area contributed by atoms with E-state index in [0.717, 1.165) is 43.4 Å². The number of nitrogens with zero attached hydrogens (tertiary/aromatic N) is 2. The maximum Gasteiger partial charge on any atom is 0.236 e. The second-order valence-corrected chi connectivity index (χ2v) is 8.22. The van der Waals surface area contributed by atoms with E-state index < -0.39 is 0 Å². The summed E-state index contributed by atoms with van der Waals surface area (Å²) in [7, 11) is 0. The largest absolute Gasteiger partial charge is 0.345 e. The quantitative estimate of drug-likeness (QED) is 0.428. The molecular weight excluding hydrogens is 414 g/mol. The maximum atomic E-state index is 12.8. The van der Waals surface area contributed by atoms with Crippen molar-refractivity contribution in [2.45, 2.75) is 59.0 Å². The highest BCUT2D eigenvalue weighted by molar-refractivity contribution is 9.10. The van der Waals surface area contributed by atoms with Gasteiger partial charge in [-0.1, -0.05) is 61.2 Å². The molecule has 5 heteroatoms. The first kappa shape index (κ1) is 22.7. The number of nitrogens with one attached hydrogen (secondary N) is 1. The highest BCUT2D eigenvalue weighted by atomic mass is 79.9. The van der Waals surface area contributed by atoms with Crippen molar-refractivity contribution in [1.82, 2.24) is 14.8 Å². The molecule has 0 spiro atoms. The van der Waals surface area contributed by atoms with Crippen LogP contribution in [0.2, 0.25) is 0 Å². The van der Waals surface area contributed by atoms with Crippen LogP contribution in [-0.4, -0.2) is 35.0 Å². The Morgan fingerprint density at radius 3 is 2.54 bits per heavy atom. The Bertz CT molecular complexity index is 696. The SMILES string of the molecule is CCCCCNCC(=O)N(CCCC)Cc1cccn1Cc1ccc(Br)cc1. The van der Waals surface area contributed by atoms with Gasteiger partial charge < -0.3 is 14.8 Å². The molecule has 1 aromatic heterocycles. The molecule has 0 bridgehead atoms. The van der Waals surface area contributed by atoms with Crippen LogP contribution in [0.1, 0.15) is 57.2 Å². The van der Waals surface area contributed by atoms with Gasteiger partial charge in [-0.25, -0.2) is 0 Å². The highest BCUT2D eigenvalue weighted by Gasteiger charge is 2.15. The number of benzene rings is 1. The van der Waals surface area contributed by atoms with Gasteiger partial charge in [0.1, 0.15) is 0 Å². The average molecular weight is 448 g/mol. The van der Waals surface area contributed by atoms with E-state index in [4.69, 9.17) is 0 Å². The smallest absolute Gasteiger partial charge is 0.236 e. The first-order valence-corrected chi connectivity index (χ1v) is 11.3. The lowest BCUT2D eigenvalue weighted by atomic mass is 10.2. The van der Waals surface area contributed by atoms with Gasteiger partial charge in [-0.3, -0.25) is 4.79 Å². The van der Waals surface area contributed by atoms with Crippen molar-refractivity contribution < 1.29 is 4.79 Å². The zero-order valence-corrected chi connectivity index (χ0v) is 18.9. The lowest BCUT2D eigenvalue weighted by Crippen LogP contribution is -2.39. The van der Waals surface area contributed by atoms with Gasteiger partial charge in [-0.05, 0) is 49.2 Å². The van der Waals surface area contributed by atoms with Crippen molar-refractivity contribution in [2.24, 2.45) is 0 Å². The van der Waals surface area contributed by atoms with Crippen molar-refractivity contribution in [2.75, 3.05) is 19.6 Å². The molecule has 1 aromatic carbocycles. The van der Waals surface area contributed by atoms with Gasteiger partial charge in [0.2, 0.25) is 5.91 Å². The van der Waals surface area contributed by atoms with Gasteiger partial charge in [0.05, 0.1) is 13.1 Å². The summed E-state index contributed by atoms with van der Waals surface area (Å²) in [5.74, 6) is 0.196. The van der Waals surface area contributed by atoms with E-state index in [1.54, 1.807) is 0 Å². The zero-order valence-electron chi connectivity index (χ0n) is 17.3. The molecule has 2 aromatic rings. The molecule has 2 rings (SSSR count). The summed E-state index contributed by atoms with van der Waals surface area (Å²) in [6.07, 6.45) is 7.78. The predicted octanol–water partition coefficient (Wildman–Crippen LogP) is 5.21. The summed E-state index contributed by atoms with van der Waals surface area (Å²) in [5, 5.41) is 3.31. The molecule has 0 fully saturated rings. The van der Waals surface area contributed by atoms with Gasteiger partial charge >= 0.3 is 0 Å². The second-order valence-electron chi connectivity index (χ2n) is 7.31. The summed E-state index contributed by atoms with van der Waals surface area (Å²) in [6.45, 7) is 8.01. The Hall–Kier alpha value is -1.59. The molecule has 0 radical (unpaired) electrons. The third-order valence-corrected chi connectivity index (χ3v) is 5.44. The van der Waals surface area contributed by atoms with E-state index in [9.17, 15) is 4.79 Å². The molecule has 154 valence electrons. The van der Waals surface area contributed by atoms with Crippen LogP contribution in [0.25, 0.3) is 0 Å². The van der Waals surface area contributed by atoms with Crippen LogP contribution < -0.4 is 5.32 Å². The predicted molar refractivity (Wildman–Crippen MR) is 120 cm³/mol. The van der Waals surface area contributed by atoms with Crippen LogP contribution in [-0.2, 0) is 17.9 Å². The Kier molecular flexibility index (Phi) is 10.4. The van der Waals surface area contributed by atoms with Crippen LogP contribution in [0.4, 0.5) is 0 Å². The van der Waals surface area contributed by atoms with Gasteiger partial charge in [0, 0.05) is 29.5 Å². The lowest BCUT2D eigenvalue weighted by Gasteiger charge is -2.24. The number of amides is 1. The molecule has 0 saturated heterocycles. The van der Waals surface area contributed by atoms with Gasteiger partial charge in [-0.2, -0.15) is 0 Å². The minimum Gasteiger partial charge on any atom is -0.345 e. The van der Waals surface area contributed by atoms with Gasteiger partial charge in [0.15, 0.2) is 0 Å². The normalized spacial score (nSPS) is 11.0. The second kappa shape index (κ2) is 12.8. The minimum absolute atomic E-state index is 0.196. The molecule has 0 aliphatic heterocycles. The Labute approximate surface area is 178 Å². The van der Waals surface area contributed by atoms with Crippen LogP contribution in [0.5, 0.6) is 0 Å². The first-order valence-electron chi connectivity index (χ1n) is 10.5. The molecule has 0 aliphatic rings. The molecule has 1 heterocycles. The van der Waals surface area contributed by atoms with E-state index >= 15 is 0 Å². The highest BCUT2D eigenvalue weighted by Crippen LogP contribution is 2.14. The van der Waals surface area contributed by atoms with Crippen LogP contribution in [0, 0.1) is 0 Å². The van der Waals surface area contributed by atoms with E-state index in [1.807, 2.05) is 4.90 Å². The molecular formula is C23H34BrN3O. The summed E-state index contributed by atoms with van der Waals surface area (Å²) in [4.78, 5) is 14.8. The van der Waals surface area contributed by atoms with Gasteiger partial charge in [0.25, 0.3) is 0 Å². The van der Waals surface area contributed by atoms with Crippen molar-refractivity contribution in [3.05, 3.63) is 58.3 Å². The Morgan fingerprint density at radius 1 is 1.07 bits per heavy atom. The van der Waals surface area contributed by atoms with E-state index in [-0.39, 0.29) is 5.91 Å². The molecule has 0 saturated carbocycles. The zero-order chi connectivity index (χ0) is 20.2. The molecule has 1 amide bonds. The van der Waals surface area contributed by atoms with Crippen molar-refractivity contribution in [3.8, 4) is 0 Å². The fourth-order valence-corrected chi connectivity index (χ4v) is 3.44. The lowest BCUT2D eigenvalue weighted by molar-refractivity contribution is -0.131. The fourth-order valence-electron chi connectivity index (χ4n) is 3.18. The average Bonchev–Trinajstić information content (AvgIpc) is 3.13. The number of hydrogen-bond donors (Lipinski definition) is 1. The third-order valence-electron chi connectivity index (χ3n) is 4.91. The van der Waals surface area contributed by atoms with Crippen LogP contribution >= 0.6 is 15.9 Å². The van der Waals surface area contributed by atoms with E-state index in [2.05, 4.69) is 82.3 Å². The summed E-state index contributed by atoms with van der Waals surface area (Å²) in [5.41, 5.74) is 2.43. The standard InChI is InChI=1S/C23H34BrN3O/c1-3-5-7-14-25-17-23(28)27(15-6-4-2)19-22-9-8-16-26(22)18-20-10-12-21(24)13-11-20/h8-13,16,25H,3-7,14-15,17-19H2,1-2H3. The Morgan fingerprint density at radius 2 is 1.82 bits per heavy atom. The monoisotopic (exact) mass is 447 g/mol. The molecule has 4 nitrogen and oxygen atoms in total. The van der Waals surface area contributed by atoms with E-state index in [0.29, 0.717) is 13.1 Å². The molecule has 0 aliphatic carbocycles. The number of hydrogen-bond acceptors (Lipinski definition) is 2. The maximum absolute atomic E-state index is 12.8. The number of aromatic nitrogens is 1.